The van der Waals surface area contributed by atoms with Gasteiger partial charge in [0.05, 0.1) is 11.1 Å². The van der Waals surface area contributed by atoms with Crippen LogP contribution in [-0.2, 0) is 24.2 Å². The Morgan fingerprint density at radius 3 is 2.47 bits per heavy atom. The Kier molecular flexibility index (Phi) is 6.85. The largest absolute Gasteiger partial charge is 0.366 e. The van der Waals surface area contributed by atoms with E-state index < -0.39 is 17.7 Å². The van der Waals surface area contributed by atoms with Crippen LogP contribution in [0.15, 0.2) is 40.8 Å². The summed E-state index contributed by atoms with van der Waals surface area (Å²) in [5.74, 6) is -1.96. The number of amides is 3. The summed E-state index contributed by atoms with van der Waals surface area (Å²) in [5.41, 5.74) is 11.9. The fourth-order valence-electron chi connectivity index (χ4n) is 3.93. The number of primary amides is 2. The van der Waals surface area contributed by atoms with E-state index >= 15 is 0 Å². The predicted molar refractivity (Wildman–Crippen MR) is 134 cm³/mol. The molecule has 3 aromatic rings. The SMILES string of the molecule is C=CCn1c(SCC(=O)Nc2cc(C(N)=O)cc(C(N)=O)c2)nc2sc3c(c2c1=O)CCCC3. The minimum absolute atomic E-state index is 0.0487. The number of allylic oxidation sites excluding steroid dienone is 1. The quantitative estimate of drug-likeness (QED) is 0.247. The number of hydrogen-bond acceptors (Lipinski definition) is 7. The van der Waals surface area contributed by atoms with Crippen LogP contribution in [0, 0.1) is 0 Å². The van der Waals surface area contributed by atoms with Gasteiger partial charge in [-0.3, -0.25) is 23.7 Å². The maximum Gasteiger partial charge on any atom is 0.263 e. The number of aromatic nitrogens is 2. The van der Waals surface area contributed by atoms with E-state index in [4.69, 9.17) is 16.5 Å². The lowest BCUT2D eigenvalue weighted by Crippen LogP contribution is -2.24. The highest BCUT2D eigenvalue weighted by Crippen LogP contribution is 2.34. The van der Waals surface area contributed by atoms with Gasteiger partial charge >= 0.3 is 0 Å². The van der Waals surface area contributed by atoms with Crippen molar-refractivity contribution in [1.29, 1.82) is 0 Å². The number of rotatable bonds is 8. The fraction of sp³-hybridized carbons (Fsp3) is 0.261. The van der Waals surface area contributed by atoms with Gasteiger partial charge in [0.25, 0.3) is 5.56 Å². The van der Waals surface area contributed by atoms with Gasteiger partial charge in [0, 0.05) is 28.2 Å². The van der Waals surface area contributed by atoms with E-state index in [0.717, 1.165) is 43.0 Å². The molecule has 11 heteroatoms. The molecule has 0 aliphatic heterocycles. The molecular weight excluding hydrogens is 474 g/mol. The molecule has 0 saturated heterocycles. The third-order valence-corrected chi connectivity index (χ3v) is 7.63. The van der Waals surface area contributed by atoms with Crippen molar-refractivity contribution in [1.82, 2.24) is 9.55 Å². The van der Waals surface area contributed by atoms with Gasteiger partial charge in [-0.2, -0.15) is 0 Å². The van der Waals surface area contributed by atoms with Gasteiger partial charge in [-0.25, -0.2) is 4.98 Å². The molecule has 4 rings (SSSR count). The Balaban J connectivity index is 1.59. The van der Waals surface area contributed by atoms with Crippen molar-refractivity contribution in [2.45, 2.75) is 37.4 Å². The monoisotopic (exact) mass is 497 g/mol. The first-order valence-corrected chi connectivity index (χ1v) is 12.4. The predicted octanol–water partition coefficient (Wildman–Crippen LogP) is 2.45. The Bertz CT molecular complexity index is 1360. The van der Waals surface area contributed by atoms with E-state index in [0.29, 0.717) is 15.4 Å². The van der Waals surface area contributed by atoms with Gasteiger partial charge in [0.2, 0.25) is 17.7 Å². The standard InChI is InChI=1S/C23H23N5O4S2/c1-2-7-28-22(32)18-15-5-3-4-6-16(15)34-21(18)27-23(28)33-11-17(29)26-14-9-12(19(24)30)8-13(10-14)20(25)31/h2,8-10H,1,3-7,11H2,(H2,24,30)(H2,25,31)(H,26,29). The molecule has 0 spiro atoms. The van der Waals surface area contributed by atoms with Gasteiger partial charge < -0.3 is 16.8 Å². The van der Waals surface area contributed by atoms with Crippen molar-refractivity contribution in [2.75, 3.05) is 11.1 Å². The molecule has 176 valence electrons. The van der Waals surface area contributed by atoms with Crippen LogP contribution in [0.1, 0.15) is 44.0 Å². The zero-order valence-corrected chi connectivity index (χ0v) is 19.9. The molecule has 1 aromatic carbocycles. The lowest BCUT2D eigenvalue weighted by Gasteiger charge is -2.12. The van der Waals surface area contributed by atoms with Crippen molar-refractivity contribution < 1.29 is 14.4 Å². The van der Waals surface area contributed by atoms with Crippen molar-refractivity contribution in [3.63, 3.8) is 0 Å². The van der Waals surface area contributed by atoms with Crippen LogP contribution in [0.3, 0.4) is 0 Å². The summed E-state index contributed by atoms with van der Waals surface area (Å²) >= 11 is 2.67. The number of benzene rings is 1. The van der Waals surface area contributed by atoms with Gasteiger partial charge in [0.1, 0.15) is 4.83 Å². The van der Waals surface area contributed by atoms with Crippen LogP contribution in [0.25, 0.3) is 10.2 Å². The van der Waals surface area contributed by atoms with Crippen molar-refractivity contribution in [2.24, 2.45) is 11.5 Å². The van der Waals surface area contributed by atoms with Crippen LogP contribution in [0.2, 0.25) is 0 Å². The van der Waals surface area contributed by atoms with E-state index in [2.05, 4.69) is 11.9 Å². The third-order valence-electron chi connectivity index (χ3n) is 5.47. The van der Waals surface area contributed by atoms with Gasteiger partial charge in [0.15, 0.2) is 5.16 Å². The van der Waals surface area contributed by atoms with Gasteiger partial charge in [-0.1, -0.05) is 17.8 Å². The number of thiophene rings is 1. The summed E-state index contributed by atoms with van der Waals surface area (Å²) in [6.45, 7) is 4.02. The molecule has 34 heavy (non-hydrogen) atoms. The fourth-order valence-corrected chi connectivity index (χ4v) is 6.04. The smallest absolute Gasteiger partial charge is 0.263 e. The molecule has 5 N–H and O–H groups in total. The highest BCUT2D eigenvalue weighted by Gasteiger charge is 2.22. The molecule has 0 radical (unpaired) electrons. The average molecular weight is 498 g/mol. The molecular formula is C23H23N5O4S2. The van der Waals surface area contributed by atoms with Crippen LogP contribution in [-0.4, -0.2) is 33.0 Å². The average Bonchev–Trinajstić information content (AvgIpc) is 3.18. The molecule has 1 aliphatic rings. The molecule has 1 aliphatic carbocycles. The van der Waals surface area contributed by atoms with Gasteiger partial charge in [-0.15, -0.1) is 17.9 Å². The molecule has 2 aromatic heterocycles. The molecule has 0 saturated carbocycles. The van der Waals surface area contributed by atoms with Crippen molar-refractivity contribution in [3.05, 3.63) is 62.8 Å². The van der Waals surface area contributed by atoms with Crippen LogP contribution in [0.4, 0.5) is 5.69 Å². The number of hydrogen-bond donors (Lipinski definition) is 3. The number of aryl methyl sites for hydroxylation is 2. The summed E-state index contributed by atoms with van der Waals surface area (Å²) in [6, 6.07) is 4.00. The number of nitrogens with two attached hydrogens (primary N) is 2. The van der Waals surface area contributed by atoms with E-state index in [-0.39, 0.29) is 34.7 Å². The Labute approximate surface area is 203 Å². The maximum atomic E-state index is 13.3. The molecule has 0 unspecified atom stereocenters. The summed E-state index contributed by atoms with van der Waals surface area (Å²) in [4.78, 5) is 55.6. The van der Waals surface area contributed by atoms with Crippen molar-refractivity contribution in [3.8, 4) is 0 Å². The van der Waals surface area contributed by atoms with E-state index in [1.807, 2.05) is 0 Å². The van der Waals surface area contributed by atoms with E-state index in [1.54, 1.807) is 17.4 Å². The second-order valence-corrected chi connectivity index (χ2v) is 9.88. The number of thioether (sulfide) groups is 1. The number of carbonyl (C=O) groups is 3. The molecule has 0 fully saturated rings. The molecule has 0 bridgehead atoms. The first-order chi connectivity index (χ1) is 16.3. The second-order valence-electron chi connectivity index (χ2n) is 7.85. The summed E-state index contributed by atoms with van der Waals surface area (Å²) < 4.78 is 1.54. The number of anilines is 1. The van der Waals surface area contributed by atoms with Crippen LogP contribution >= 0.6 is 23.1 Å². The third kappa shape index (κ3) is 4.75. The van der Waals surface area contributed by atoms with E-state index in [9.17, 15) is 19.2 Å². The molecule has 0 atom stereocenters. The minimum atomic E-state index is -0.752. The number of nitrogens with zero attached hydrogens (tertiary/aromatic N) is 2. The number of nitrogens with one attached hydrogen (secondary N) is 1. The normalized spacial score (nSPS) is 12.8. The highest BCUT2D eigenvalue weighted by atomic mass is 32.2. The lowest BCUT2D eigenvalue weighted by molar-refractivity contribution is -0.113. The summed E-state index contributed by atoms with van der Waals surface area (Å²) in [5, 5.41) is 3.74. The number of fused-ring (bicyclic) bond motifs is 3. The molecule has 2 heterocycles. The Morgan fingerprint density at radius 1 is 1.15 bits per heavy atom. The Hall–Kier alpha value is -3.44. The van der Waals surface area contributed by atoms with E-state index in [1.165, 1.54) is 27.6 Å². The summed E-state index contributed by atoms with van der Waals surface area (Å²) in [7, 11) is 0. The van der Waals surface area contributed by atoms with Crippen LogP contribution in [0.5, 0.6) is 0 Å². The Morgan fingerprint density at radius 2 is 1.82 bits per heavy atom. The minimum Gasteiger partial charge on any atom is -0.366 e. The zero-order chi connectivity index (χ0) is 24.4. The summed E-state index contributed by atoms with van der Waals surface area (Å²) in [6.07, 6.45) is 5.63. The lowest BCUT2D eigenvalue weighted by atomic mass is 9.97. The second kappa shape index (κ2) is 9.82. The topological polar surface area (TPSA) is 150 Å². The maximum absolute atomic E-state index is 13.3. The first kappa shape index (κ1) is 23.7. The van der Waals surface area contributed by atoms with Gasteiger partial charge in [-0.05, 0) is 49.4 Å². The molecule has 9 nitrogen and oxygen atoms in total. The molecule has 3 amide bonds. The number of carbonyl (C=O) groups excluding carboxylic acids is 3. The van der Waals surface area contributed by atoms with Crippen LogP contribution < -0.4 is 22.3 Å². The zero-order valence-electron chi connectivity index (χ0n) is 18.3. The first-order valence-electron chi connectivity index (χ1n) is 10.6. The highest BCUT2D eigenvalue weighted by molar-refractivity contribution is 7.99. The van der Waals surface area contributed by atoms with Crippen molar-refractivity contribution >= 4 is 56.7 Å².